The van der Waals surface area contributed by atoms with Gasteiger partial charge in [-0.3, -0.25) is 14.5 Å². The molecule has 0 radical (unpaired) electrons. The van der Waals surface area contributed by atoms with Gasteiger partial charge in [0.2, 0.25) is 5.91 Å². The summed E-state index contributed by atoms with van der Waals surface area (Å²) >= 11 is 8.15. The Morgan fingerprint density at radius 3 is 2.93 bits per heavy atom. The number of H-pyrrole nitrogens is 1. The highest BCUT2D eigenvalue weighted by Crippen LogP contribution is 2.32. The van der Waals surface area contributed by atoms with Gasteiger partial charge in [-0.1, -0.05) is 35.6 Å². The van der Waals surface area contributed by atoms with Crippen molar-refractivity contribution in [1.82, 2.24) is 19.7 Å². The first-order chi connectivity index (χ1) is 13.0. The third kappa shape index (κ3) is 4.55. The molecule has 0 aliphatic heterocycles. The second kappa shape index (κ2) is 8.64. The summed E-state index contributed by atoms with van der Waals surface area (Å²) in [4.78, 5) is 18.9. The van der Waals surface area contributed by atoms with Crippen molar-refractivity contribution < 1.29 is 4.79 Å². The van der Waals surface area contributed by atoms with Gasteiger partial charge in [0, 0.05) is 11.4 Å². The summed E-state index contributed by atoms with van der Waals surface area (Å²) < 4.78 is 2.37. The molecule has 9 heteroatoms. The molecule has 140 valence electrons. The van der Waals surface area contributed by atoms with Crippen molar-refractivity contribution >= 4 is 46.4 Å². The second-order valence-electron chi connectivity index (χ2n) is 5.75. The third-order valence-electron chi connectivity index (χ3n) is 3.73. The van der Waals surface area contributed by atoms with Gasteiger partial charge in [0.15, 0.2) is 15.7 Å². The van der Waals surface area contributed by atoms with E-state index >= 15 is 0 Å². The second-order valence-corrected chi connectivity index (χ2v) is 8.55. The van der Waals surface area contributed by atoms with Crippen LogP contribution in [-0.4, -0.2) is 30.9 Å². The van der Waals surface area contributed by atoms with E-state index < -0.39 is 0 Å². The summed E-state index contributed by atoms with van der Waals surface area (Å²) in [5.41, 5.74) is 0.790. The molecular formula is C18H19N5OS3. The molecule has 0 fully saturated rings. The van der Waals surface area contributed by atoms with Crippen LogP contribution in [0.4, 0.5) is 5.13 Å². The van der Waals surface area contributed by atoms with Gasteiger partial charge in [-0.15, -0.1) is 18.3 Å². The van der Waals surface area contributed by atoms with Gasteiger partial charge in [-0.25, -0.2) is 4.98 Å². The van der Waals surface area contributed by atoms with Crippen molar-refractivity contribution in [2.45, 2.75) is 30.5 Å². The van der Waals surface area contributed by atoms with Crippen molar-refractivity contribution in [3.63, 3.8) is 0 Å². The smallest absolute Gasteiger partial charge is 0.239 e. The van der Waals surface area contributed by atoms with Crippen molar-refractivity contribution in [3.8, 4) is 10.7 Å². The number of benzene rings is 1. The molecule has 1 aromatic carbocycles. The molecule has 0 aliphatic rings. The lowest BCUT2D eigenvalue weighted by molar-refractivity contribution is -0.115. The number of allylic oxidation sites excluding steroid dienone is 1. The topological polar surface area (TPSA) is 75.6 Å². The summed E-state index contributed by atoms with van der Waals surface area (Å²) in [6.07, 6.45) is 1.76. The van der Waals surface area contributed by atoms with E-state index in [0.717, 1.165) is 15.5 Å². The number of nitrogens with zero attached hydrogens (tertiary/aromatic N) is 3. The maximum Gasteiger partial charge on any atom is 0.239 e. The van der Waals surface area contributed by atoms with Gasteiger partial charge in [-0.2, -0.15) is 5.10 Å². The quantitative estimate of drug-likeness (QED) is 0.332. The molecule has 3 aromatic rings. The van der Waals surface area contributed by atoms with Crippen LogP contribution in [0.3, 0.4) is 0 Å². The van der Waals surface area contributed by atoms with E-state index in [2.05, 4.69) is 27.1 Å². The van der Waals surface area contributed by atoms with Crippen LogP contribution in [0.5, 0.6) is 0 Å². The Morgan fingerprint density at radius 1 is 1.48 bits per heavy atom. The number of carbonyl (C=O) groups excluding carboxylic acids is 1. The fourth-order valence-electron chi connectivity index (χ4n) is 2.41. The molecule has 0 aliphatic carbocycles. The molecule has 1 unspecified atom stereocenters. The van der Waals surface area contributed by atoms with Crippen molar-refractivity contribution in [1.29, 1.82) is 0 Å². The maximum absolute atomic E-state index is 12.5. The van der Waals surface area contributed by atoms with Crippen LogP contribution in [0.2, 0.25) is 0 Å². The molecule has 0 saturated carbocycles. The number of amides is 1. The van der Waals surface area contributed by atoms with Gasteiger partial charge in [0.05, 0.1) is 15.8 Å². The lowest BCUT2D eigenvalue weighted by atomic mass is 10.3. The molecule has 1 atom stereocenters. The first-order valence-corrected chi connectivity index (χ1v) is 10.4. The van der Waals surface area contributed by atoms with E-state index in [1.807, 2.05) is 48.7 Å². The van der Waals surface area contributed by atoms with E-state index in [-0.39, 0.29) is 11.2 Å². The van der Waals surface area contributed by atoms with Crippen LogP contribution in [-0.2, 0) is 11.3 Å². The van der Waals surface area contributed by atoms with Crippen LogP contribution in [0, 0.1) is 11.7 Å². The predicted molar refractivity (Wildman–Crippen MR) is 114 cm³/mol. The Kier molecular flexibility index (Phi) is 6.25. The Labute approximate surface area is 170 Å². The molecule has 0 saturated heterocycles. The predicted octanol–water partition coefficient (Wildman–Crippen LogP) is 4.68. The zero-order valence-electron chi connectivity index (χ0n) is 14.9. The Balaban J connectivity index is 1.76. The highest BCUT2D eigenvalue weighted by atomic mass is 32.2. The van der Waals surface area contributed by atoms with E-state index in [1.54, 1.807) is 6.08 Å². The van der Waals surface area contributed by atoms with E-state index in [4.69, 9.17) is 12.2 Å². The molecule has 1 amide bonds. The van der Waals surface area contributed by atoms with Crippen molar-refractivity contribution in [3.05, 3.63) is 53.5 Å². The minimum atomic E-state index is -0.240. The normalized spacial score (nSPS) is 11.9. The number of aryl methyl sites for hydroxylation is 1. The number of hydrogen-bond acceptors (Lipinski definition) is 6. The Bertz CT molecular complexity index is 1010. The summed E-state index contributed by atoms with van der Waals surface area (Å²) in [5.74, 6) is 0.608. The summed E-state index contributed by atoms with van der Waals surface area (Å²) in [6.45, 7) is 8.07. The zero-order valence-corrected chi connectivity index (χ0v) is 17.4. The summed E-state index contributed by atoms with van der Waals surface area (Å²) in [5, 5.41) is 10.3. The summed E-state index contributed by atoms with van der Waals surface area (Å²) in [6, 6.07) is 9.85. The monoisotopic (exact) mass is 417 g/mol. The molecule has 6 nitrogen and oxygen atoms in total. The average Bonchev–Trinajstić information content (AvgIpc) is 3.18. The van der Waals surface area contributed by atoms with Crippen LogP contribution in [0.25, 0.3) is 10.7 Å². The highest BCUT2D eigenvalue weighted by molar-refractivity contribution is 8.00. The number of rotatable bonds is 7. The standard InChI is InChI=1S/C18H19N5OS3/c1-4-10-23-15(21-22-18(23)25)14-11(2)19-17(27-14)20-16(24)12(3)26-13-8-6-5-7-9-13/h4-9,12H,1,10H2,2-3H3,(H,22,25)(H,19,20,24). The molecule has 0 spiro atoms. The Morgan fingerprint density at radius 2 is 2.22 bits per heavy atom. The molecule has 27 heavy (non-hydrogen) atoms. The fourth-order valence-corrected chi connectivity index (χ4v) is 4.47. The fraction of sp³-hybridized carbons (Fsp3) is 0.222. The summed E-state index contributed by atoms with van der Waals surface area (Å²) in [7, 11) is 0. The van der Waals surface area contributed by atoms with Crippen LogP contribution >= 0.6 is 35.3 Å². The molecule has 2 N–H and O–H groups in total. The van der Waals surface area contributed by atoms with Gasteiger partial charge in [0.25, 0.3) is 0 Å². The van der Waals surface area contributed by atoms with Crippen LogP contribution in [0.1, 0.15) is 12.6 Å². The average molecular weight is 418 g/mol. The van der Waals surface area contributed by atoms with Crippen LogP contribution in [0.15, 0.2) is 47.9 Å². The van der Waals surface area contributed by atoms with Crippen LogP contribution < -0.4 is 5.32 Å². The number of thioether (sulfide) groups is 1. The number of carbonyl (C=O) groups is 1. The molecule has 0 bridgehead atoms. The minimum absolute atomic E-state index is 0.0888. The van der Waals surface area contributed by atoms with Gasteiger partial charge >= 0.3 is 0 Å². The lowest BCUT2D eigenvalue weighted by Gasteiger charge is -2.10. The minimum Gasteiger partial charge on any atom is -0.301 e. The van der Waals surface area contributed by atoms with E-state index in [0.29, 0.717) is 22.3 Å². The lowest BCUT2D eigenvalue weighted by Crippen LogP contribution is -2.22. The largest absolute Gasteiger partial charge is 0.301 e. The van der Waals surface area contributed by atoms with E-state index in [1.165, 1.54) is 23.1 Å². The van der Waals surface area contributed by atoms with Crippen molar-refractivity contribution in [2.24, 2.45) is 0 Å². The first kappa shape index (κ1) is 19.5. The third-order valence-corrected chi connectivity index (χ3v) is 6.22. The molecule has 2 heterocycles. The maximum atomic E-state index is 12.5. The number of aromatic amines is 1. The molecule has 2 aromatic heterocycles. The van der Waals surface area contributed by atoms with Gasteiger partial charge in [-0.05, 0) is 38.2 Å². The molecular weight excluding hydrogens is 398 g/mol. The molecule has 3 rings (SSSR count). The van der Waals surface area contributed by atoms with Gasteiger partial charge in [0.1, 0.15) is 0 Å². The SMILES string of the molecule is C=CCn1c(-c2sc(NC(=O)C(C)Sc3ccccc3)nc2C)n[nH]c1=S. The Hall–Kier alpha value is -2.23. The van der Waals surface area contributed by atoms with Crippen molar-refractivity contribution in [2.75, 3.05) is 5.32 Å². The van der Waals surface area contributed by atoms with E-state index in [9.17, 15) is 4.79 Å². The number of nitrogens with one attached hydrogen (secondary N) is 2. The van der Waals surface area contributed by atoms with Gasteiger partial charge < -0.3 is 5.32 Å². The zero-order chi connectivity index (χ0) is 19.4. The number of aromatic nitrogens is 4. The number of anilines is 1. The highest BCUT2D eigenvalue weighted by Gasteiger charge is 2.20. The first-order valence-electron chi connectivity index (χ1n) is 8.26. The number of thiazole rings is 1. The number of hydrogen-bond donors (Lipinski definition) is 2.